The third kappa shape index (κ3) is 4.06. The van der Waals surface area contributed by atoms with Crippen LogP contribution in [-0.2, 0) is 0 Å². The lowest BCUT2D eigenvalue weighted by Gasteiger charge is -2.31. The third-order valence-electron chi connectivity index (χ3n) is 4.72. The number of hydrogen-bond donors (Lipinski definition) is 1. The maximum absolute atomic E-state index is 6.57. The van der Waals surface area contributed by atoms with Gasteiger partial charge in [-0.3, -0.25) is 4.90 Å². The fraction of sp³-hybridized carbons (Fsp3) is 0.667. The summed E-state index contributed by atoms with van der Waals surface area (Å²) in [6, 6.07) is 5.19. The first-order valence-corrected chi connectivity index (χ1v) is 8.14. The van der Waals surface area contributed by atoms with Crippen LogP contribution >= 0.6 is 0 Å². The van der Waals surface area contributed by atoms with Crippen LogP contribution in [0.5, 0.6) is 0 Å². The van der Waals surface area contributed by atoms with Gasteiger partial charge in [-0.25, -0.2) is 0 Å². The Morgan fingerprint density at radius 2 is 1.81 bits per heavy atom. The van der Waals surface area contributed by atoms with E-state index in [1.807, 2.05) is 0 Å². The van der Waals surface area contributed by atoms with E-state index in [0.29, 0.717) is 6.04 Å². The maximum Gasteiger partial charge on any atom is 0.0429 e. The van der Waals surface area contributed by atoms with E-state index >= 15 is 0 Å². The van der Waals surface area contributed by atoms with Crippen molar-refractivity contribution in [3.8, 4) is 0 Å². The summed E-state index contributed by atoms with van der Waals surface area (Å²) in [5.74, 6) is 0. The zero-order chi connectivity index (χ0) is 15.6. The van der Waals surface area contributed by atoms with Crippen molar-refractivity contribution >= 4 is 0 Å². The van der Waals surface area contributed by atoms with Gasteiger partial charge < -0.3 is 10.6 Å². The van der Waals surface area contributed by atoms with E-state index in [9.17, 15) is 0 Å². The number of hydrogen-bond acceptors (Lipinski definition) is 3. The van der Waals surface area contributed by atoms with E-state index in [1.165, 1.54) is 35.2 Å². The highest BCUT2D eigenvalue weighted by Crippen LogP contribution is 2.24. The minimum atomic E-state index is 0.108. The average molecular weight is 289 g/mol. The molecule has 1 saturated heterocycles. The van der Waals surface area contributed by atoms with Crippen molar-refractivity contribution in [2.75, 3.05) is 33.2 Å². The molecule has 1 aliphatic heterocycles. The average Bonchev–Trinajstić information content (AvgIpc) is 2.50. The minimum absolute atomic E-state index is 0.108. The van der Waals surface area contributed by atoms with Gasteiger partial charge >= 0.3 is 0 Å². The molecule has 1 aromatic rings. The van der Waals surface area contributed by atoms with Crippen LogP contribution in [0.1, 0.15) is 41.6 Å². The molecule has 0 bridgehead atoms. The van der Waals surface area contributed by atoms with Gasteiger partial charge in [-0.15, -0.1) is 0 Å². The van der Waals surface area contributed by atoms with Crippen LogP contribution in [0.3, 0.4) is 0 Å². The standard InChI is InChI=1S/C18H31N3/c1-13-9-14(2)18(15(3)10-13)17(19)12-21-8-6-7-20(5)11-16(21)4/h9-10,16-17H,6-8,11-12,19H2,1-5H3. The van der Waals surface area contributed by atoms with Crippen molar-refractivity contribution in [1.82, 2.24) is 9.80 Å². The summed E-state index contributed by atoms with van der Waals surface area (Å²) in [5, 5.41) is 0. The first-order chi connectivity index (χ1) is 9.88. The van der Waals surface area contributed by atoms with E-state index in [4.69, 9.17) is 5.73 Å². The molecule has 2 atom stereocenters. The van der Waals surface area contributed by atoms with Crippen molar-refractivity contribution in [2.24, 2.45) is 5.73 Å². The molecule has 118 valence electrons. The fourth-order valence-corrected chi connectivity index (χ4v) is 3.81. The summed E-state index contributed by atoms with van der Waals surface area (Å²) in [4.78, 5) is 4.99. The van der Waals surface area contributed by atoms with E-state index in [2.05, 4.69) is 56.7 Å². The van der Waals surface area contributed by atoms with Gasteiger partial charge in [-0.2, -0.15) is 0 Å². The summed E-state index contributed by atoms with van der Waals surface area (Å²) in [6.07, 6.45) is 1.24. The lowest BCUT2D eigenvalue weighted by Crippen LogP contribution is -2.42. The topological polar surface area (TPSA) is 32.5 Å². The number of nitrogens with zero attached hydrogens (tertiary/aromatic N) is 2. The number of rotatable bonds is 3. The monoisotopic (exact) mass is 289 g/mol. The van der Waals surface area contributed by atoms with E-state index in [0.717, 1.165) is 19.6 Å². The molecule has 0 aliphatic carbocycles. The Morgan fingerprint density at radius 3 is 2.43 bits per heavy atom. The number of benzene rings is 1. The normalized spacial score (nSPS) is 23.0. The fourth-order valence-electron chi connectivity index (χ4n) is 3.81. The van der Waals surface area contributed by atoms with E-state index < -0.39 is 0 Å². The minimum Gasteiger partial charge on any atom is -0.323 e. The maximum atomic E-state index is 6.57. The van der Waals surface area contributed by atoms with Crippen molar-refractivity contribution in [3.05, 3.63) is 34.4 Å². The van der Waals surface area contributed by atoms with Crippen LogP contribution in [0.25, 0.3) is 0 Å². The molecule has 2 N–H and O–H groups in total. The summed E-state index contributed by atoms with van der Waals surface area (Å²) in [7, 11) is 2.22. The van der Waals surface area contributed by atoms with Crippen LogP contribution in [0.15, 0.2) is 12.1 Å². The van der Waals surface area contributed by atoms with Gasteiger partial charge in [0.2, 0.25) is 0 Å². The second kappa shape index (κ2) is 6.91. The SMILES string of the molecule is Cc1cc(C)c(C(N)CN2CCCN(C)CC2C)c(C)c1. The van der Waals surface area contributed by atoms with Crippen molar-refractivity contribution in [2.45, 2.75) is 46.2 Å². The smallest absolute Gasteiger partial charge is 0.0429 e. The molecule has 3 heteroatoms. The Bertz CT molecular complexity index is 460. The van der Waals surface area contributed by atoms with E-state index in [-0.39, 0.29) is 6.04 Å². The van der Waals surface area contributed by atoms with Crippen LogP contribution in [-0.4, -0.2) is 49.1 Å². The Hall–Kier alpha value is -0.900. The second-order valence-electron chi connectivity index (χ2n) is 6.88. The molecular weight excluding hydrogens is 258 g/mol. The highest BCUT2D eigenvalue weighted by molar-refractivity contribution is 5.39. The Balaban J connectivity index is 2.12. The molecule has 0 aromatic heterocycles. The summed E-state index contributed by atoms with van der Waals surface area (Å²) >= 11 is 0. The first kappa shape index (κ1) is 16.5. The zero-order valence-electron chi connectivity index (χ0n) is 14.3. The van der Waals surface area contributed by atoms with Gasteiger partial charge in [-0.1, -0.05) is 17.7 Å². The predicted octanol–water partition coefficient (Wildman–Crippen LogP) is 2.64. The van der Waals surface area contributed by atoms with Crippen LogP contribution in [0.2, 0.25) is 0 Å². The number of aryl methyl sites for hydroxylation is 3. The highest BCUT2D eigenvalue weighted by atomic mass is 15.2. The van der Waals surface area contributed by atoms with Crippen LogP contribution < -0.4 is 5.73 Å². The van der Waals surface area contributed by atoms with Crippen molar-refractivity contribution in [3.63, 3.8) is 0 Å². The zero-order valence-corrected chi connectivity index (χ0v) is 14.3. The van der Waals surface area contributed by atoms with Gasteiger partial charge in [0.15, 0.2) is 0 Å². The van der Waals surface area contributed by atoms with Gasteiger partial charge in [0.1, 0.15) is 0 Å². The quantitative estimate of drug-likeness (QED) is 0.928. The van der Waals surface area contributed by atoms with E-state index in [1.54, 1.807) is 0 Å². The largest absolute Gasteiger partial charge is 0.323 e. The van der Waals surface area contributed by atoms with Crippen molar-refractivity contribution < 1.29 is 0 Å². The first-order valence-electron chi connectivity index (χ1n) is 8.14. The van der Waals surface area contributed by atoms with Gasteiger partial charge in [-0.05, 0) is 70.9 Å². The predicted molar refractivity (Wildman–Crippen MR) is 90.7 cm³/mol. The molecule has 0 amide bonds. The summed E-state index contributed by atoms with van der Waals surface area (Å²) in [5.41, 5.74) is 11.9. The van der Waals surface area contributed by atoms with Crippen LogP contribution in [0.4, 0.5) is 0 Å². The Kier molecular flexibility index (Phi) is 5.42. The molecule has 2 rings (SSSR count). The number of nitrogens with two attached hydrogens (primary N) is 1. The van der Waals surface area contributed by atoms with Gasteiger partial charge in [0, 0.05) is 25.2 Å². The molecule has 1 heterocycles. The molecule has 1 aliphatic rings. The molecule has 21 heavy (non-hydrogen) atoms. The molecule has 0 radical (unpaired) electrons. The van der Waals surface area contributed by atoms with Crippen molar-refractivity contribution in [1.29, 1.82) is 0 Å². The summed E-state index contributed by atoms with van der Waals surface area (Å²) < 4.78 is 0. The molecular formula is C18H31N3. The Morgan fingerprint density at radius 1 is 1.19 bits per heavy atom. The van der Waals surface area contributed by atoms with Gasteiger partial charge in [0.25, 0.3) is 0 Å². The number of likely N-dealkylation sites (N-methyl/N-ethyl adjacent to an activating group) is 1. The molecule has 0 saturated carbocycles. The molecule has 1 aromatic carbocycles. The van der Waals surface area contributed by atoms with Gasteiger partial charge in [0.05, 0.1) is 0 Å². The third-order valence-corrected chi connectivity index (χ3v) is 4.72. The Labute approximate surface area is 130 Å². The molecule has 3 nitrogen and oxygen atoms in total. The molecule has 1 fully saturated rings. The van der Waals surface area contributed by atoms with Crippen LogP contribution in [0, 0.1) is 20.8 Å². The summed E-state index contributed by atoms with van der Waals surface area (Å²) in [6.45, 7) is 13.3. The molecule has 0 spiro atoms. The lowest BCUT2D eigenvalue weighted by atomic mass is 9.94. The second-order valence-corrected chi connectivity index (χ2v) is 6.88. The highest BCUT2D eigenvalue weighted by Gasteiger charge is 2.23. The molecule has 2 unspecified atom stereocenters. The lowest BCUT2D eigenvalue weighted by molar-refractivity contribution is 0.191.